The maximum absolute atomic E-state index is 12.1. The number of hydrogen-bond acceptors (Lipinski definition) is 4. The van der Waals surface area contributed by atoms with E-state index < -0.39 is 11.7 Å². The molecule has 0 aromatic heterocycles. The highest BCUT2D eigenvalue weighted by molar-refractivity contribution is 5.70. The summed E-state index contributed by atoms with van der Waals surface area (Å²) in [5, 5.41) is 19.3. The van der Waals surface area contributed by atoms with Gasteiger partial charge >= 0.3 is 5.97 Å². The zero-order valence-corrected chi connectivity index (χ0v) is 19.3. The Balaban J connectivity index is 1.90. The van der Waals surface area contributed by atoms with Gasteiger partial charge in [0, 0.05) is 6.42 Å². The molecule has 29 heavy (non-hydrogen) atoms. The van der Waals surface area contributed by atoms with E-state index in [1.54, 1.807) is 0 Å². The summed E-state index contributed by atoms with van der Waals surface area (Å²) in [7, 11) is 0. The van der Waals surface area contributed by atoms with Crippen molar-refractivity contribution in [1.29, 1.82) is 0 Å². The first-order valence-corrected chi connectivity index (χ1v) is 12.6. The van der Waals surface area contributed by atoms with E-state index in [1.165, 1.54) is 83.5 Å². The molecule has 0 spiro atoms. The van der Waals surface area contributed by atoms with Gasteiger partial charge in [0.1, 0.15) is 11.7 Å². The second-order valence-corrected chi connectivity index (χ2v) is 9.27. The Labute approximate surface area is 179 Å². The Hall–Kier alpha value is -0.610. The minimum Gasteiger partial charge on any atom is -0.456 e. The number of aliphatic hydroxyl groups excluding tert-OH is 2. The molecule has 4 heteroatoms. The van der Waals surface area contributed by atoms with E-state index >= 15 is 0 Å². The minimum absolute atomic E-state index is 0.120. The van der Waals surface area contributed by atoms with Gasteiger partial charge in [0.2, 0.25) is 0 Å². The van der Waals surface area contributed by atoms with Crippen molar-refractivity contribution in [2.45, 2.75) is 141 Å². The Morgan fingerprint density at radius 3 is 1.69 bits per heavy atom. The van der Waals surface area contributed by atoms with Gasteiger partial charge in [-0.2, -0.15) is 0 Å². The first-order valence-electron chi connectivity index (χ1n) is 12.6. The molecule has 0 saturated heterocycles. The number of unbranched alkanes of at least 4 members (excludes halogenated alkanes) is 14. The fourth-order valence-electron chi connectivity index (χ4n) is 4.49. The first kappa shape index (κ1) is 26.4. The zero-order chi connectivity index (χ0) is 21.4. The standard InChI is InChI=1S/C25H48O4/c1-3-4-5-6-7-8-9-10-11-12-13-14-15-16-17-18-24(28)29-25(23(27)21-26)20-19-22(25)2/h22-23,26-27H,3-21H2,1-2H3. The molecule has 0 aliphatic heterocycles. The Morgan fingerprint density at radius 2 is 1.34 bits per heavy atom. The van der Waals surface area contributed by atoms with Crippen molar-refractivity contribution in [1.82, 2.24) is 0 Å². The number of rotatable bonds is 19. The average Bonchev–Trinajstić information content (AvgIpc) is 2.72. The molecule has 3 unspecified atom stereocenters. The van der Waals surface area contributed by atoms with Crippen LogP contribution in [0.15, 0.2) is 0 Å². The van der Waals surface area contributed by atoms with Gasteiger partial charge in [-0.05, 0) is 25.2 Å². The largest absolute Gasteiger partial charge is 0.456 e. The van der Waals surface area contributed by atoms with Crippen molar-refractivity contribution in [2.24, 2.45) is 5.92 Å². The molecule has 1 rings (SSSR count). The van der Waals surface area contributed by atoms with Crippen LogP contribution in [-0.4, -0.2) is 34.5 Å². The smallest absolute Gasteiger partial charge is 0.306 e. The molecule has 172 valence electrons. The van der Waals surface area contributed by atoms with Crippen LogP contribution in [0, 0.1) is 5.92 Å². The molecule has 1 aliphatic carbocycles. The molecule has 1 saturated carbocycles. The number of esters is 1. The zero-order valence-electron chi connectivity index (χ0n) is 19.3. The summed E-state index contributed by atoms with van der Waals surface area (Å²) in [6, 6.07) is 0. The highest BCUT2D eigenvalue weighted by Gasteiger charge is 2.52. The van der Waals surface area contributed by atoms with E-state index in [2.05, 4.69) is 6.92 Å². The van der Waals surface area contributed by atoms with Gasteiger partial charge in [-0.15, -0.1) is 0 Å². The van der Waals surface area contributed by atoms with Crippen molar-refractivity contribution in [2.75, 3.05) is 6.61 Å². The van der Waals surface area contributed by atoms with Gasteiger partial charge in [0.15, 0.2) is 0 Å². The lowest BCUT2D eigenvalue weighted by atomic mass is 9.67. The lowest BCUT2D eigenvalue weighted by Gasteiger charge is -2.49. The van der Waals surface area contributed by atoms with Gasteiger partial charge in [0.25, 0.3) is 0 Å². The van der Waals surface area contributed by atoms with Crippen molar-refractivity contribution in [3.63, 3.8) is 0 Å². The molecule has 0 heterocycles. The number of hydrogen-bond donors (Lipinski definition) is 2. The van der Waals surface area contributed by atoms with E-state index in [-0.39, 0.29) is 18.5 Å². The SMILES string of the molecule is CCCCCCCCCCCCCCCCCC(=O)OC1(C(O)CO)CCC1C. The van der Waals surface area contributed by atoms with E-state index in [4.69, 9.17) is 4.74 Å². The summed E-state index contributed by atoms with van der Waals surface area (Å²) >= 11 is 0. The van der Waals surface area contributed by atoms with Gasteiger partial charge in [0.05, 0.1) is 6.61 Å². The second-order valence-electron chi connectivity index (χ2n) is 9.27. The maximum atomic E-state index is 12.1. The minimum atomic E-state index is -0.962. The number of ether oxygens (including phenoxy) is 1. The third-order valence-corrected chi connectivity index (χ3v) is 6.83. The summed E-state index contributed by atoms with van der Waals surface area (Å²) < 4.78 is 5.61. The molecule has 4 nitrogen and oxygen atoms in total. The number of aliphatic hydroxyl groups is 2. The molecule has 1 aliphatic rings. The maximum Gasteiger partial charge on any atom is 0.306 e. The van der Waals surface area contributed by atoms with Crippen LogP contribution in [0.5, 0.6) is 0 Å². The lowest BCUT2D eigenvalue weighted by molar-refractivity contribution is -0.213. The normalized spacial score (nSPS) is 22.3. The summed E-state index contributed by atoms with van der Waals surface area (Å²) in [4.78, 5) is 12.1. The molecule has 0 aromatic rings. The third kappa shape index (κ3) is 10.3. The monoisotopic (exact) mass is 412 g/mol. The Kier molecular flexibility index (Phi) is 14.7. The average molecular weight is 413 g/mol. The molecule has 2 N–H and O–H groups in total. The van der Waals surface area contributed by atoms with Crippen molar-refractivity contribution in [3.8, 4) is 0 Å². The Morgan fingerprint density at radius 1 is 0.897 bits per heavy atom. The fraction of sp³-hybridized carbons (Fsp3) is 0.960. The predicted molar refractivity (Wildman–Crippen MR) is 120 cm³/mol. The quantitative estimate of drug-likeness (QED) is 0.193. The lowest BCUT2D eigenvalue weighted by Crippen LogP contribution is -2.59. The van der Waals surface area contributed by atoms with Crippen LogP contribution >= 0.6 is 0 Å². The van der Waals surface area contributed by atoms with Gasteiger partial charge in [-0.3, -0.25) is 4.79 Å². The molecule has 0 radical (unpaired) electrons. The molecular weight excluding hydrogens is 364 g/mol. The van der Waals surface area contributed by atoms with Crippen LogP contribution < -0.4 is 0 Å². The highest BCUT2D eigenvalue weighted by atomic mass is 16.6. The summed E-state index contributed by atoms with van der Waals surface area (Å²) in [5.74, 6) is -0.103. The van der Waals surface area contributed by atoms with Crippen LogP contribution in [0.4, 0.5) is 0 Å². The second kappa shape index (κ2) is 16.1. The van der Waals surface area contributed by atoms with Gasteiger partial charge < -0.3 is 14.9 Å². The fourth-order valence-corrected chi connectivity index (χ4v) is 4.49. The predicted octanol–water partition coefficient (Wildman–Crippen LogP) is 6.31. The van der Waals surface area contributed by atoms with Crippen LogP contribution in [0.2, 0.25) is 0 Å². The first-order chi connectivity index (χ1) is 14.1. The molecule has 0 aromatic carbocycles. The number of carbonyl (C=O) groups excluding carboxylic acids is 1. The Bertz CT molecular complexity index is 412. The van der Waals surface area contributed by atoms with Crippen LogP contribution in [0.1, 0.15) is 129 Å². The summed E-state index contributed by atoms with van der Waals surface area (Å²) in [6.45, 7) is 3.89. The third-order valence-electron chi connectivity index (χ3n) is 6.83. The van der Waals surface area contributed by atoms with E-state index in [0.717, 1.165) is 19.3 Å². The highest BCUT2D eigenvalue weighted by Crippen LogP contribution is 2.44. The van der Waals surface area contributed by atoms with Crippen molar-refractivity contribution >= 4 is 5.97 Å². The van der Waals surface area contributed by atoms with Crippen LogP contribution in [0.25, 0.3) is 0 Å². The summed E-state index contributed by atoms with van der Waals surface area (Å²) in [5.41, 5.74) is -0.846. The van der Waals surface area contributed by atoms with E-state index in [0.29, 0.717) is 12.8 Å². The van der Waals surface area contributed by atoms with E-state index in [1.807, 2.05) is 6.92 Å². The van der Waals surface area contributed by atoms with Crippen LogP contribution in [-0.2, 0) is 9.53 Å². The van der Waals surface area contributed by atoms with Crippen LogP contribution in [0.3, 0.4) is 0 Å². The van der Waals surface area contributed by atoms with Gasteiger partial charge in [-0.25, -0.2) is 0 Å². The number of carbonyl (C=O) groups is 1. The molecule has 1 fully saturated rings. The van der Waals surface area contributed by atoms with Crippen molar-refractivity contribution in [3.05, 3.63) is 0 Å². The van der Waals surface area contributed by atoms with Gasteiger partial charge in [-0.1, -0.05) is 104 Å². The topological polar surface area (TPSA) is 66.8 Å². The molecule has 3 atom stereocenters. The molecular formula is C25H48O4. The molecule has 0 bridgehead atoms. The van der Waals surface area contributed by atoms with Crippen molar-refractivity contribution < 1.29 is 19.7 Å². The van der Waals surface area contributed by atoms with E-state index in [9.17, 15) is 15.0 Å². The summed E-state index contributed by atoms with van der Waals surface area (Å²) in [6.07, 6.45) is 20.6. The molecule has 0 amide bonds.